The van der Waals surface area contributed by atoms with E-state index in [-0.39, 0.29) is 18.2 Å². The lowest BCUT2D eigenvalue weighted by Crippen LogP contribution is -2.38. The van der Waals surface area contributed by atoms with E-state index in [1.807, 2.05) is 53.1 Å². The highest BCUT2D eigenvalue weighted by Gasteiger charge is 2.16. The van der Waals surface area contributed by atoms with Crippen molar-refractivity contribution in [1.29, 1.82) is 0 Å². The number of amides is 2. The van der Waals surface area contributed by atoms with Crippen LogP contribution in [-0.4, -0.2) is 47.9 Å². The van der Waals surface area contributed by atoms with Gasteiger partial charge in [0.15, 0.2) is 0 Å². The van der Waals surface area contributed by atoms with Gasteiger partial charge in [0.05, 0.1) is 19.4 Å². The van der Waals surface area contributed by atoms with Gasteiger partial charge in [0, 0.05) is 30.3 Å². The van der Waals surface area contributed by atoms with Crippen LogP contribution in [0.3, 0.4) is 0 Å². The smallest absolute Gasteiger partial charge is 0.227 e. The molecule has 160 valence electrons. The number of anilines is 1. The minimum absolute atomic E-state index is 0.0940. The van der Waals surface area contributed by atoms with Gasteiger partial charge in [0.25, 0.3) is 0 Å². The molecule has 2 aromatic carbocycles. The average molecular weight is 427 g/mol. The number of ether oxygens (including phenoxy) is 1. The summed E-state index contributed by atoms with van der Waals surface area (Å²) in [5.41, 5.74) is 2.96. The van der Waals surface area contributed by atoms with E-state index in [2.05, 4.69) is 31.3 Å². The molecular formula is C24H30N2O3S. The Bertz CT molecular complexity index is 829. The number of carbonyl (C=O) groups excluding carboxylic acids is 2. The number of hydrogen-bond acceptors (Lipinski definition) is 4. The molecule has 30 heavy (non-hydrogen) atoms. The molecule has 2 aromatic rings. The van der Waals surface area contributed by atoms with E-state index in [1.54, 1.807) is 0 Å². The summed E-state index contributed by atoms with van der Waals surface area (Å²) in [6.07, 6.45) is 0.682. The lowest BCUT2D eigenvalue weighted by molar-refractivity contribution is -0.130. The average Bonchev–Trinajstić information content (AvgIpc) is 2.76. The molecule has 3 rings (SSSR count). The largest absolute Gasteiger partial charge is 0.493 e. The molecule has 0 spiro atoms. The van der Waals surface area contributed by atoms with Gasteiger partial charge >= 0.3 is 0 Å². The number of thioether (sulfide) groups is 1. The molecule has 0 saturated carbocycles. The van der Waals surface area contributed by atoms with Crippen molar-refractivity contribution in [2.75, 3.05) is 36.5 Å². The van der Waals surface area contributed by atoms with Gasteiger partial charge in [-0.2, -0.15) is 11.8 Å². The first-order chi connectivity index (χ1) is 14.5. The molecule has 0 bridgehead atoms. The van der Waals surface area contributed by atoms with E-state index in [4.69, 9.17) is 4.74 Å². The van der Waals surface area contributed by atoms with Gasteiger partial charge < -0.3 is 15.0 Å². The summed E-state index contributed by atoms with van der Waals surface area (Å²) in [5, 5.41) is 2.88. The fourth-order valence-electron chi connectivity index (χ4n) is 3.24. The topological polar surface area (TPSA) is 58.6 Å². The second-order valence-electron chi connectivity index (χ2n) is 7.74. The van der Waals surface area contributed by atoms with Crippen LogP contribution in [0.4, 0.5) is 5.69 Å². The Kier molecular flexibility index (Phi) is 8.20. The summed E-state index contributed by atoms with van der Waals surface area (Å²) in [7, 11) is 0. The molecule has 1 fully saturated rings. The van der Waals surface area contributed by atoms with Crippen LogP contribution in [0.1, 0.15) is 37.3 Å². The highest BCUT2D eigenvalue weighted by molar-refractivity contribution is 7.99. The monoisotopic (exact) mass is 426 g/mol. The summed E-state index contributed by atoms with van der Waals surface area (Å²) in [5.74, 6) is 3.37. The van der Waals surface area contributed by atoms with E-state index in [1.165, 1.54) is 5.56 Å². The summed E-state index contributed by atoms with van der Waals surface area (Å²) in [4.78, 5) is 26.4. The van der Waals surface area contributed by atoms with Crippen LogP contribution < -0.4 is 10.1 Å². The van der Waals surface area contributed by atoms with Crippen molar-refractivity contribution in [3.63, 3.8) is 0 Å². The summed E-state index contributed by atoms with van der Waals surface area (Å²) >= 11 is 1.89. The van der Waals surface area contributed by atoms with Crippen LogP contribution in [0.2, 0.25) is 0 Å². The van der Waals surface area contributed by atoms with Crippen molar-refractivity contribution in [2.45, 2.75) is 32.6 Å². The second-order valence-corrected chi connectivity index (χ2v) is 8.96. The van der Waals surface area contributed by atoms with E-state index in [0.29, 0.717) is 18.9 Å². The Hall–Kier alpha value is -2.47. The zero-order valence-electron chi connectivity index (χ0n) is 17.7. The molecule has 1 saturated heterocycles. The third-order valence-corrected chi connectivity index (χ3v) is 6.04. The van der Waals surface area contributed by atoms with Gasteiger partial charge in [0.1, 0.15) is 5.75 Å². The summed E-state index contributed by atoms with van der Waals surface area (Å²) < 4.78 is 5.67. The normalized spacial score (nSPS) is 13.9. The minimum atomic E-state index is -0.0940. The SMILES string of the molecule is CC(C)c1ccc(OCCC(=O)Nc2ccc(CC(=O)N3CCSCC3)cc2)cc1. The molecule has 0 radical (unpaired) electrons. The molecule has 0 unspecified atom stereocenters. The molecular weight excluding hydrogens is 396 g/mol. The van der Waals surface area contributed by atoms with Gasteiger partial charge in [0.2, 0.25) is 11.8 Å². The van der Waals surface area contributed by atoms with Crippen molar-refractivity contribution in [3.8, 4) is 5.75 Å². The predicted octanol–water partition coefficient (Wildman–Crippen LogP) is 4.34. The number of hydrogen-bond donors (Lipinski definition) is 1. The Labute approximate surface area is 183 Å². The first kappa shape index (κ1) is 22.2. The summed E-state index contributed by atoms with van der Waals surface area (Å²) in [6.45, 7) is 6.30. The Morgan fingerprint density at radius 1 is 1.03 bits per heavy atom. The van der Waals surface area contributed by atoms with Crippen molar-refractivity contribution in [2.24, 2.45) is 0 Å². The maximum Gasteiger partial charge on any atom is 0.227 e. The van der Waals surface area contributed by atoms with Crippen molar-refractivity contribution >= 4 is 29.3 Å². The molecule has 1 N–H and O–H groups in total. The maximum atomic E-state index is 12.4. The van der Waals surface area contributed by atoms with E-state index in [0.717, 1.165) is 41.6 Å². The van der Waals surface area contributed by atoms with Crippen LogP contribution in [0.25, 0.3) is 0 Å². The fraction of sp³-hybridized carbons (Fsp3) is 0.417. The third kappa shape index (κ3) is 6.80. The van der Waals surface area contributed by atoms with Crippen LogP contribution >= 0.6 is 11.8 Å². The highest BCUT2D eigenvalue weighted by Crippen LogP contribution is 2.19. The lowest BCUT2D eigenvalue weighted by Gasteiger charge is -2.26. The number of rotatable bonds is 8. The minimum Gasteiger partial charge on any atom is -0.493 e. The molecule has 2 amide bonds. The highest BCUT2D eigenvalue weighted by atomic mass is 32.2. The molecule has 1 heterocycles. The molecule has 1 aliphatic heterocycles. The second kappa shape index (κ2) is 11.1. The molecule has 5 nitrogen and oxygen atoms in total. The zero-order valence-corrected chi connectivity index (χ0v) is 18.5. The Morgan fingerprint density at radius 3 is 2.33 bits per heavy atom. The number of benzene rings is 2. The van der Waals surface area contributed by atoms with Crippen molar-refractivity contribution in [3.05, 3.63) is 59.7 Å². The number of nitrogens with zero attached hydrogens (tertiary/aromatic N) is 1. The zero-order chi connectivity index (χ0) is 21.3. The quantitative estimate of drug-likeness (QED) is 0.682. The number of carbonyl (C=O) groups is 2. The lowest BCUT2D eigenvalue weighted by atomic mass is 10.0. The summed E-state index contributed by atoms with van der Waals surface area (Å²) in [6, 6.07) is 15.5. The van der Waals surface area contributed by atoms with E-state index in [9.17, 15) is 9.59 Å². The fourth-order valence-corrected chi connectivity index (χ4v) is 4.14. The molecule has 0 aromatic heterocycles. The van der Waals surface area contributed by atoms with Crippen LogP contribution in [-0.2, 0) is 16.0 Å². The van der Waals surface area contributed by atoms with E-state index >= 15 is 0 Å². The van der Waals surface area contributed by atoms with E-state index < -0.39 is 0 Å². The Morgan fingerprint density at radius 2 is 1.70 bits per heavy atom. The third-order valence-electron chi connectivity index (χ3n) is 5.10. The molecule has 6 heteroatoms. The van der Waals surface area contributed by atoms with Gasteiger partial charge in [-0.15, -0.1) is 0 Å². The standard InChI is InChI=1S/C24H30N2O3S/c1-18(2)20-5-9-22(10-6-20)29-14-11-23(27)25-21-7-3-19(4-8-21)17-24(28)26-12-15-30-16-13-26/h3-10,18H,11-17H2,1-2H3,(H,25,27). The van der Waals surface area contributed by atoms with Crippen LogP contribution in [0.5, 0.6) is 5.75 Å². The molecule has 0 aliphatic carbocycles. The van der Waals surface area contributed by atoms with Crippen molar-refractivity contribution in [1.82, 2.24) is 4.90 Å². The first-order valence-electron chi connectivity index (χ1n) is 10.5. The predicted molar refractivity (Wildman–Crippen MR) is 123 cm³/mol. The Balaban J connectivity index is 1.40. The van der Waals surface area contributed by atoms with Gasteiger partial charge in [-0.25, -0.2) is 0 Å². The van der Waals surface area contributed by atoms with Crippen LogP contribution in [0, 0.1) is 0 Å². The van der Waals surface area contributed by atoms with Gasteiger partial charge in [-0.3, -0.25) is 9.59 Å². The first-order valence-corrected chi connectivity index (χ1v) is 11.6. The van der Waals surface area contributed by atoms with Crippen molar-refractivity contribution < 1.29 is 14.3 Å². The molecule has 1 aliphatic rings. The molecule has 0 atom stereocenters. The van der Waals surface area contributed by atoms with Gasteiger partial charge in [-0.05, 0) is 41.3 Å². The number of nitrogens with one attached hydrogen (secondary N) is 1. The maximum absolute atomic E-state index is 12.4. The van der Waals surface area contributed by atoms with Gasteiger partial charge in [-0.1, -0.05) is 38.1 Å². The van der Waals surface area contributed by atoms with Crippen LogP contribution in [0.15, 0.2) is 48.5 Å².